The molecule has 6 heteroatoms. The molecule has 0 spiro atoms. The van der Waals surface area contributed by atoms with E-state index in [1.54, 1.807) is 0 Å². The molecule has 1 unspecified atom stereocenters. The number of hydrogen-bond acceptors (Lipinski definition) is 6. The monoisotopic (exact) mass is 150 g/mol. The largest absolute Gasteiger partial charge is 0.310 e. The van der Waals surface area contributed by atoms with Crippen LogP contribution in [0.2, 0.25) is 0 Å². The quantitative estimate of drug-likeness (QED) is 0.332. The van der Waals surface area contributed by atoms with Crippen LogP contribution in [0.15, 0.2) is 20.0 Å². The van der Waals surface area contributed by atoms with Crippen LogP contribution in [-0.4, -0.2) is 30.4 Å². The molecule has 0 radical (unpaired) electrons. The van der Waals surface area contributed by atoms with Crippen LogP contribution in [0.3, 0.4) is 0 Å². The minimum atomic E-state index is -0.218. The molecule has 0 aliphatic carbocycles. The third-order valence-corrected chi connectivity index (χ3v) is 1.44. The zero-order valence-electron chi connectivity index (χ0n) is 5.60. The first-order valence-electron chi connectivity index (χ1n) is 3.08. The van der Waals surface area contributed by atoms with Gasteiger partial charge >= 0.3 is 0 Å². The highest BCUT2D eigenvalue weighted by Crippen LogP contribution is 2.06. The maximum Gasteiger partial charge on any atom is 0.170 e. The topological polar surface area (TPSA) is 87.5 Å². The van der Waals surface area contributed by atoms with E-state index in [1.165, 1.54) is 12.7 Å². The van der Waals surface area contributed by atoms with Gasteiger partial charge in [0.2, 0.25) is 0 Å². The van der Waals surface area contributed by atoms with Crippen molar-refractivity contribution < 1.29 is 0 Å². The number of nitrogens with two attached hydrogens (primary N) is 1. The van der Waals surface area contributed by atoms with Gasteiger partial charge in [0.25, 0.3) is 0 Å². The molecule has 11 heavy (non-hydrogen) atoms. The van der Waals surface area contributed by atoms with Gasteiger partial charge in [-0.1, -0.05) is 0 Å². The highest BCUT2D eigenvalue weighted by Gasteiger charge is 2.24. The van der Waals surface area contributed by atoms with Crippen LogP contribution in [0.5, 0.6) is 0 Å². The van der Waals surface area contributed by atoms with Crippen LogP contribution in [0.25, 0.3) is 0 Å². The van der Waals surface area contributed by atoms with Gasteiger partial charge in [-0.2, -0.15) is 0 Å². The molecule has 1 atom stereocenters. The number of fused-ring (bicyclic) bond motifs is 1. The van der Waals surface area contributed by atoms with Gasteiger partial charge in [0.05, 0.1) is 0 Å². The number of nitrogens with zero attached hydrogens (tertiary/aromatic N) is 4. The Labute approximate surface area is 62.6 Å². The van der Waals surface area contributed by atoms with Crippen LogP contribution in [-0.2, 0) is 0 Å². The molecule has 0 aromatic rings. The molecule has 6 nitrogen and oxygen atoms in total. The first-order chi connectivity index (χ1) is 5.42. The number of aliphatic imine (C=N–C) groups is 4. The predicted molar refractivity (Wildman–Crippen MR) is 43.0 cm³/mol. The average Bonchev–Trinajstić information content (AvgIpc) is 2.50. The minimum Gasteiger partial charge on any atom is -0.310 e. The number of nitrogens with one attached hydrogen (secondary N) is 1. The lowest BCUT2D eigenvalue weighted by molar-refractivity contribution is 0.954. The fourth-order valence-corrected chi connectivity index (χ4v) is 0.930. The smallest absolute Gasteiger partial charge is 0.170 e. The van der Waals surface area contributed by atoms with Crippen LogP contribution in [0, 0.1) is 0 Å². The van der Waals surface area contributed by atoms with Crippen molar-refractivity contribution in [3.63, 3.8) is 0 Å². The van der Waals surface area contributed by atoms with Crippen LogP contribution >= 0.6 is 0 Å². The van der Waals surface area contributed by atoms with Crippen LogP contribution in [0.4, 0.5) is 0 Å². The van der Waals surface area contributed by atoms with E-state index in [0.29, 0.717) is 11.7 Å². The molecule has 0 amide bonds. The van der Waals surface area contributed by atoms with E-state index in [0.717, 1.165) is 0 Å². The molecule has 0 saturated carbocycles. The van der Waals surface area contributed by atoms with Crippen molar-refractivity contribution in [2.75, 3.05) is 0 Å². The Hall–Kier alpha value is -1.56. The highest BCUT2D eigenvalue weighted by molar-refractivity contribution is 6.19. The Morgan fingerprint density at radius 1 is 1.36 bits per heavy atom. The third kappa shape index (κ3) is 0.838. The van der Waals surface area contributed by atoms with Gasteiger partial charge in [-0.3, -0.25) is 4.99 Å². The average molecular weight is 150 g/mol. The van der Waals surface area contributed by atoms with Crippen molar-refractivity contribution in [3.8, 4) is 0 Å². The summed E-state index contributed by atoms with van der Waals surface area (Å²) < 4.78 is 0. The second kappa shape index (κ2) is 2.24. The second-order valence-corrected chi connectivity index (χ2v) is 2.06. The molecular weight excluding hydrogens is 144 g/mol. The predicted octanol–water partition coefficient (Wildman–Crippen LogP) is -1.30. The molecule has 2 aliphatic heterocycles. The van der Waals surface area contributed by atoms with E-state index < -0.39 is 0 Å². The summed E-state index contributed by atoms with van der Waals surface area (Å²) in [6.07, 6.45) is 2.86. The standard InChI is InChI=1S/C5H6N6/c6-11-5-3-4(8-1-7-3)9-2-10-5/h1-3H,6H2,(H,7,8,9,10,11). The Morgan fingerprint density at radius 3 is 3.09 bits per heavy atom. The van der Waals surface area contributed by atoms with E-state index in [2.05, 4.69) is 25.4 Å². The normalized spacial score (nSPS) is 26.1. The molecule has 0 bridgehead atoms. The molecule has 2 heterocycles. The summed E-state index contributed by atoms with van der Waals surface area (Å²) in [7, 11) is 0. The first-order valence-corrected chi connectivity index (χ1v) is 3.08. The number of hydrogen-bond donors (Lipinski definition) is 2. The van der Waals surface area contributed by atoms with Crippen molar-refractivity contribution in [2.24, 2.45) is 25.8 Å². The van der Waals surface area contributed by atoms with Gasteiger partial charge in [-0.25, -0.2) is 20.8 Å². The van der Waals surface area contributed by atoms with Crippen molar-refractivity contribution >= 4 is 24.3 Å². The lowest BCUT2D eigenvalue weighted by atomic mass is 10.2. The van der Waals surface area contributed by atoms with E-state index in [9.17, 15) is 0 Å². The Morgan fingerprint density at radius 2 is 2.27 bits per heavy atom. The van der Waals surface area contributed by atoms with E-state index >= 15 is 0 Å². The number of rotatable bonds is 0. The molecule has 0 aromatic carbocycles. The molecule has 2 aliphatic rings. The van der Waals surface area contributed by atoms with Gasteiger partial charge in [0, 0.05) is 0 Å². The van der Waals surface area contributed by atoms with E-state index in [1.807, 2.05) is 0 Å². The summed E-state index contributed by atoms with van der Waals surface area (Å²) in [6.45, 7) is 0. The third-order valence-electron chi connectivity index (χ3n) is 1.44. The summed E-state index contributed by atoms with van der Waals surface area (Å²) in [5.74, 6) is 6.40. The van der Waals surface area contributed by atoms with Crippen LogP contribution < -0.4 is 11.3 Å². The van der Waals surface area contributed by atoms with Crippen LogP contribution in [0.1, 0.15) is 0 Å². The van der Waals surface area contributed by atoms with Gasteiger partial charge in [-0.15, -0.1) is 0 Å². The molecule has 56 valence electrons. The summed E-state index contributed by atoms with van der Waals surface area (Å²) in [5, 5.41) is 0. The number of hydrazine groups is 1. The zero-order valence-corrected chi connectivity index (χ0v) is 5.60. The maximum absolute atomic E-state index is 5.19. The van der Waals surface area contributed by atoms with Crippen molar-refractivity contribution in [2.45, 2.75) is 6.04 Å². The molecule has 3 N–H and O–H groups in total. The molecule has 0 aromatic heterocycles. The minimum absolute atomic E-state index is 0.218. The summed E-state index contributed by atoms with van der Waals surface area (Å²) in [4.78, 5) is 15.7. The molecule has 2 rings (SSSR count). The van der Waals surface area contributed by atoms with Crippen molar-refractivity contribution in [1.82, 2.24) is 5.43 Å². The Balaban J connectivity index is 2.35. The Bertz CT molecular complexity index is 285. The Kier molecular flexibility index (Phi) is 1.26. The van der Waals surface area contributed by atoms with Gasteiger partial charge < -0.3 is 5.43 Å². The van der Waals surface area contributed by atoms with Gasteiger partial charge in [-0.05, 0) is 0 Å². The second-order valence-electron chi connectivity index (χ2n) is 2.06. The fraction of sp³-hybridized carbons (Fsp3) is 0.200. The zero-order chi connectivity index (χ0) is 7.68. The lowest BCUT2D eigenvalue weighted by Crippen LogP contribution is -2.42. The van der Waals surface area contributed by atoms with Gasteiger partial charge in [0.15, 0.2) is 17.7 Å². The highest BCUT2D eigenvalue weighted by atomic mass is 15.3. The maximum atomic E-state index is 5.19. The summed E-state index contributed by atoms with van der Waals surface area (Å²) in [6, 6.07) is -0.218. The van der Waals surface area contributed by atoms with Gasteiger partial charge in [0.1, 0.15) is 12.7 Å². The van der Waals surface area contributed by atoms with E-state index in [-0.39, 0.29) is 6.04 Å². The van der Waals surface area contributed by atoms with E-state index in [4.69, 9.17) is 5.84 Å². The molecular formula is C5H6N6. The van der Waals surface area contributed by atoms with Crippen molar-refractivity contribution in [1.29, 1.82) is 0 Å². The summed E-state index contributed by atoms with van der Waals surface area (Å²) in [5.41, 5.74) is 2.44. The summed E-state index contributed by atoms with van der Waals surface area (Å²) >= 11 is 0. The first kappa shape index (κ1) is 6.17. The lowest BCUT2D eigenvalue weighted by Gasteiger charge is -2.12. The number of amidine groups is 2. The molecule has 0 saturated heterocycles. The fourth-order valence-electron chi connectivity index (χ4n) is 0.930. The van der Waals surface area contributed by atoms with Crippen molar-refractivity contribution in [3.05, 3.63) is 0 Å². The molecule has 0 fully saturated rings. The SMILES string of the molecule is NNC1=NC=NC2=NC=NC21.